The van der Waals surface area contributed by atoms with Crippen molar-refractivity contribution in [2.24, 2.45) is 5.92 Å². The zero-order valence-corrected chi connectivity index (χ0v) is 9.63. The van der Waals surface area contributed by atoms with Crippen LogP contribution in [0.5, 0.6) is 0 Å². The van der Waals surface area contributed by atoms with Crippen LogP contribution in [0.15, 0.2) is 11.6 Å². The molecule has 0 heterocycles. The Bertz CT molecular complexity index is 184. The summed E-state index contributed by atoms with van der Waals surface area (Å²) in [7, 11) is 0. The second-order valence-electron chi connectivity index (χ2n) is 4.71. The third kappa shape index (κ3) is 4.28. The smallest absolute Gasteiger partial charge is 0.0540 e. The summed E-state index contributed by atoms with van der Waals surface area (Å²) < 4.78 is 0. The first kappa shape index (κ1) is 11.8. The fourth-order valence-corrected chi connectivity index (χ4v) is 2.19. The van der Waals surface area contributed by atoms with Gasteiger partial charge in [0.2, 0.25) is 0 Å². The Kier molecular flexibility index (Phi) is 5.24. The topological polar surface area (TPSA) is 20.2 Å². The van der Waals surface area contributed by atoms with Crippen LogP contribution in [-0.4, -0.2) is 11.2 Å². The maximum atomic E-state index is 9.62. The second-order valence-corrected chi connectivity index (χ2v) is 4.71. The molecule has 2 atom stereocenters. The average molecular weight is 196 g/mol. The normalized spacial score (nSPS) is 24.5. The molecule has 0 fully saturated rings. The molecule has 1 N–H and O–H groups in total. The lowest BCUT2D eigenvalue weighted by Gasteiger charge is -2.21. The fourth-order valence-electron chi connectivity index (χ4n) is 2.19. The minimum absolute atomic E-state index is 0.0491. The summed E-state index contributed by atoms with van der Waals surface area (Å²) in [6.45, 7) is 4.36. The van der Waals surface area contributed by atoms with E-state index in [1.54, 1.807) is 5.57 Å². The first-order chi connectivity index (χ1) is 6.72. The molecule has 0 aromatic heterocycles. The highest BCUT2D eigenvalue weighted by molar-refractivity contribution is 5.02. The molecule has 0 aromatic carbocycles. The van der Waals surface area contributed by atoms with E-state index in [-0.39, 0.29) is 6.10 Å². The van der Waals surface area contributed by atoms with Crippen LogP contribution in [0.4, 0.5) is 0 Å². The highest BCUT2D eigenvalue weighted by atomic mass is 16.3. The summed E-state index contributed by atoms with van der Waals surface area (Å²) >= 11 is 0. The summed E-state index contributed by atoms with van der Waals surface area (Å²) in [6.07, 6.45) is 10.5. The number of aliphatic hydroxyl groups is 1. The number of aliphatic hydroxyl groups excluding tert-OH is 1. The average Bonchev–Trinajstić information content (AvgIpc) is 2.17. The number of rotatable bonds is 5. The molecule has 1 heteroatoms. The van der Waals surface area contributed by atoms with Crippen molar-refractivity contribution in [2.75, 3.05) is 0 Å². The first-order valence-electron chi connectivity index (χ1n) is 6.06. The van der Waals surface area contributed by atoms with Gasteiger partial charge in [0, 0.05) is 0 Å². The van der Waals surface area contributed by atoms with Gasteiger partial charge in [-0.3, -0.25) is 0 Å². The van der Waals surface area contributed by atoms with Crippen LogP contribution in [0.1, 0.15) is 58.8 Å². The molecule has 0 radical (unpaired) electrons. The zero-order chi connectivity index (χ0) is 10.4. The minimum atomic E-state index is -0.0491. The molecule has 0 spiro atoms. The van der Waals surface area contributed by atoms with Crippen molar-refractivity contribution in [3.8, 4) is 0 Å². The lowest BCUT2D eigenvalue weighted by Crippen LogP contribution is -2.11. The van der Waals surface area contributed by atoms with Crippen LogP contribution >= 0.6 is 0 Å². The van der Waals surface area contributed by atoms with E-state index in [2.05, 4.69) is 19.9 Å². The molecule has 0 aliphatic heterocycles. The van der Waals surface area contributed by atoms with Crippen LogP contribution in [0.2, 0.25) is 0 Å². The van der Waals surface area contributed by atoms with Crippen LogP contribution in [-0.2, 0) is 0 Å². The molecule has 2 unspecified atom stereocenters. The molecule has 1 nitrogen and oxygen atoms in total. The van der Waals surface area contributed by atoms with Crippen molar-refractivity contribution >= 4 is 0 Å². The van der Waals surface area contributed by atoms with E-state index in [0.29, 0.717) is 0 Å². The molecule has 82 valence electrons. The third-order valence-corrected chi connectivity index (χ3v) is 3.28. The van der Waals surface area contributed by atoms with Crippen molar-refractivity contribution < 1.29 is 5.11 Å². The molecule has 0 saturated carbocycles. The van der Waals surface area contributed by atoms with Gasteiger partial charge in [-0.1, -0.05) is 25.0 Å². The Balaban J connectivity index is 2.13. The van der Waals surface area contributed by atoms with Crippen LogP contribution in [0.25, 0.3) is 0 Å². The lowest BCUT2D eigenvalue weighted by atomic mass is 9.86. The van der Waals surface area contributed by atoms with Crippen LogP contribution in [0.3, 0.4) is 0 Å². The maximum Gasteiger partial charge on any atom is 0.0540 e. The number of hydrogen-bond acceptors (Lipinski definition) is 1. The number of allylic oxidation sites excluding steroid dienone is 2. The Morgan fingerprint density at radius 2 is 2.29 bits per heavy atom. The SMILES string of the molecule is CCCC(O)CCC1CC=C(C)CC1. The zero-order valence-electron chi connectivity index (χ0n) is 9.63. The van der Waals surface area contributed by atoms with E-state index in [4.69, 9.17) is 0 Å². The van der Waals surface area contributed by atoms with Gasteiger partial charge in [-0.25, -0.2) is 0 Å². The van der Waals surface area contributed by atoms with Gasteiger partial charge in [0.05, 0.1) is 6.10 Å². The van der Waals surface area contributed by atoms with E-state index >= 15 is 0 Å². The minimum Gasteiger partial charge on any atom is -0.393 e. The van der Waals surface area contributed by atoms with Crippen molar-refractivity contribution in [3.63, 3.8) is 0 Å². The second kappa shape index (κ2) is 6.23. The lowest BCUT2D eigenvalue weighted by molar-refractivity contribution is 0.143. The highest BCUT2D eigenvalue weighted by Crippen LogP contribution is 2.27. The molecular formula is C13H24O. The Labute approximate surface area is 88.2 Å². The number of hydrogen-bond donors (Lipinski definition) is 1. The summed E-state index contributed by atoms with van der Waals surface area (Å²) in [5, 5.41) is 9.62. The van der Waals surface area contributed by atoms with E-state index in [9.17, 15) is 5.11 Å². The van der Waals surface area contributed by atoms with Crippen molar-refractivity contribution in [1.29, 1.82) is 0 Å². The van der Waals surface area contributed by atoms with E-state index < -0.39 is 0 Å². The van der Waals surface area contributed by atoms with Gasteiger partial charge in [0.25, 0.3) is 0 Å². The molecule has 0 bridgehead atoms. The molecule has 0 aromatic rings. The fraction of sp³-hybridized carbons (Fsp3) is 0.846. The quantitative estimate of drug-likeness (QED) is 0.665. The monoisotopic (exact) mass is 196 g/mol. The molecule has 1 aliphatic carbocycles. The predicted molar refractivity (Wildman–Crippen MR) is 61.2 cm³/mol. The standard InChI is InChI=1S/C13H24O/c1-3-4-13(14)10-9-12-7-5-11(2)6-8-12/h5,12-14H,3-4,6-10H2,1-2H3. The van der Waals surface area contributed by atoms with Crippen LogP contribution < -0.4 is 0 Å². The van der Waals surface area contributed by atoms with E-state index in [1.165, 1.54) is 25.7 Å². The Hall–Kier alpha value is -0.300. The third-order valence-electron chi connectivity index (χ3n) is 3.28. The molecule has 14 heavy (non-hydrogen) atoms. The van der Waals surface area contributed by atoms with Gasteiger partial charge < -0.3 is 5.11 Å². The predicted octanol–water partition coefficient (Wildman–Crippen LogP) is 3.67. The maximum absolute atomic E-state index is 9.62. The van der Waals surface area contributed by atoms with Crippen molar-refractivity contribution in [1.82, 2.24) is 0 Å². The van der Waals surface area contributed by atoms with Gasteiger partial charge >= 0.3 is 0 Å². The Morgan fingerprint density at radius 1 is 1.50 bits per heavy atom. The molecule has 0 saturated heterocycles. The van der Waals surface area contributed by atoms with E-state index in [0.717, 1.165) is 25.2 Å². The highest BCUT2D eigenvalue weighted by Gasteiger charge is 2.13. The van der Waals surface area contributed by atoms with Crippen LogP contribution in [0, 0.1) is 5.92 Å². The van der Waals surface area contributed by atoms with E-state index in [1.807, 2.05) is 0 Å². The van der Waals surface area contributed by atoms with Crippen molar-refractivity contribution in [3.05, 3.63) is 11.6 Å². The van der Waals surface area contributed by atoms with Gasteiger partial charge in [-0.05, 0) is 51.4 Å². The molecule has 1 aliphatic rings. The molecule has 0 amide bonds. The summed E-state index contributed by atoms with van der Waals surface area (Å²) in [5.41, 5.74) is 1.55. The Morgan fingerprint density at radius 3 is 2.86 bits per heavy atom. The van der Waals surface area contributed by atoms with Gasteiger partial charge in [0.1, 0.15) is 0 Å². The summed E-state index contributed by atoms with van der Waals surface area (Å²) in [6, 6.07) is 0. The molecular weight excluding hydrogens is 172 g/mol. The van der Waals surface area contributed by atoms with Gasteiger partial charge in [0.15, 0.2) is 0 Å². The van der Waals surface area contributed by atoms with Crippen molar-refractivity contribution in [2.45, 2.75) is 64.9 Å². The summed E-state index contributed by atoms with van der Waals surface area (Å²) in [4.78, 5) is 0. The largest absolute Gasteiger partial charge is 0.393 e. The molecule has 1 rings (SSSR count). The van der Waals surface area contributed by atoms with Gasteiger partial charge in [-0.2, -0.15) is 0 Å². The first-order valence-corrected chi connectivity index (χ1v) is 6.06. The summed E-state index contributed by atoms with van der Waals surface area (Å²) in [5.74, 6) is 0.838. The van der Waals surface area contributed by atoms with Gasteiger partial charge in [-0.15, -0.1) is 0 Å².